The van der Waals surface area contributed by atoms with Crippen LogP contribution in [0, 0.1) is 10.1 Å². The molecule has 20 heavy (non-hydrogen) atoms. The van der Waals surface area contributed by atoms with Gasteiger partial charge in [0.15, 0.2) is 11.5 Å². The number of hydrogen-bond acceptors (Lipinski definition) is 5. The smallest absolute Gasteiger partial charge is 0.287 e. The highest BCUT2D eigenvalue weighted by atomic mass is 16.6. The lowest BCUT2D eigenvalue weighted by Crippen LogP contribution is -1.94. The molecule has 0 saturated carbocycles. The lowest BCUT2D eigenvalue weighted by atomic mass is 10.1. The van der Waals surface area contributed by atoms with Gasteiger partial charge in [0.25, 0.3) is 5.69 Å². The van der Waals surface area contributed by atoms with Gasteiger partial charge in [-0.05, 0) is 23.8 Å². The molecule has 3 rings (SSSR count). The third kappa shape index (κ3) is 2.28. The molecule has 0 unspecified atom stereocenters. The van der Waals surface area contributed by atoms with Gasteiger partial charge in [-0.15, -0.1) is 0 Å². The maximum Gasteiger partial charge on any atom is 0.287 e. The molecule has 7 heteroatoms. The van der Waals surface area contributed by atoms with Crippen LogP contribution in [0.1, 0.15) is 11.4 Å². The van der Waals surface area contributed by atoms with E-state index in [-0.39, 0.29) is 11.4 Å². The van der Waals surface area contributed by atoms with E-state index in [0.29, 0.717) is 17.9 Å². The van der Waals surface area contributed by atoms with Crippen LogP contribution in [-0.4, -0.2) is 24.6 Å². The molecule has 2 heterocycles. The van der Waals surface area contributed by atoms with Crippen molar-refractivity contribution in [3.8, 4) is 5.75 Å². The minimum Gasteiger partial charge on any atom is -0.508 e. The van der Waals surface area contributed by atoms with Crippen molar-refractivity contribution in [2.45, 2.75) is 6.42 Å². The molecule has 0 bridgehead atoms. The highest BCUT2D eigenvalue weighted by Gasteiger charge is 2.10. The van der Waals surface area contributed by atoms with Gasteiger partial charge in [0.1, 0.15) is 11.9 Å². The standard InChI is InChI=1S/C13H10N4O3/c18-11-4-1-9(2-5-11)7-12-14-13-6-3-10(17(19)20)8-16(13)15-12/h1-6,8,18H,7H2. The first-order valence-electron chi connectivity index (χ1n) is 5.89. The minimum absolute atomic E-state index is 0.0291. The van der Waals surface area contributed by atoms with Crippen LogP contribution in [0.2, 0.25) is 0 Å². The number of phenolic OH excluding ortho intramolecular Hbond substituents is 1. The van der Waals surface area contributed by atoms with Crippen molar-refractivity contribution in [1.82, 2.24) is 14.6 Å². The van der Waals surface area contributed by atoms with E-state index in [1.807, 2.05) is 0 Å². The van der Waals surface area contributed by atoms with E-state index in [1.165, 1.54) is 16.8 Å². The van der Waals surface area contributed by atoms with Gasteiger partial charge in [-0.2, -0.15) is 5.10 Å². The zero-order valence-electron chi connectivity index (χ0n) is 10.3. The fraction of sp³-hybridized carbons (Fsp3) is 0.0769. The van der Waals surface area contributed by atoms with Crippen LogP contribution in [0.25, 0.3) is 5.65 Å². The zero-order chi connectivity index (χ0) is 14.1. The summed E-state index contributed by atoms with van der Waals surface area (Å²) in [4.78, 5) is 14.5. The molecule has 0 amide bonds. The predicted octanol–water partition coefficient (Wildman–Crippen LogP) is 1.93. The number of aromatic hydroxyl groups is 1. The Kier molecular flexibility index (Phi) is 2.79. The van der Waals surface area contributed by atoms with E-state index in [9.17, 15) is 15.2 Å². The quantitative estimate of drug-likeness (QED) is 0.579. The lowest BCUT2D eigenvalue weighted by Gasteiger charge is -1.96. The van der Waals surface area contributed by atoms with Crippen LogP contribution >= 0.6 is 0 Å². The van der Waals surface area contributed by atoms with Crippen LogP contribution in [0.15, 0.2) is 42.6 Å². The minimum atomic E-state index is -0.471. The van der Waals surface area contributed by atoms with Crippen LogP contribution in [0.4, 0.5) is 5.69 Å². The molecule has 0 radical (unpaired) electrons. The highest BCUT2D eigenvalue weighted by molar-refractivity contribution is 5.43. The summed E-state index contributed by atoms with van der Waals surface area (Å²) in [5, 5.41) is 24.1. The summed E-state index contributed by atoms with van der Waals surface area (Å²) >= 11 is 0. The number of aromatic nitrogens is 3. The number of pyridine rings is 1. The molecule has 100 valence electrons. The number of benzene rings is 1. The number of nitrogens with zero attached hydrogens (tertiary/aromatic N) is 4. The number of rotatable bonds is 3. The molecule has 7 nitrogen and oxygen atoms in total. The Bertz CT molecular complexity index is 780. The molecule has 1 aromatic carbocycles. The Morgan fingerprint density at radius 3 is 2.65 bits per heavy atom. The van der Waals surface area contributed by atoms with Crippen molar-refractivity contribution in [3.05, 3.63) is 64.1 Å². The Labute approximate surface area is 113 Å². The van der Waals surface area contributed by atoms with Crippen LogP contribution in [0.3, 0.4) is 0 Å². The summed E-state index contributed by atoms with van der Waals surface area (Å²) in [6, 6.07) is 9.71. The van der Waals surface area contributed by atoms with Gasteiger partial charge in [-0.1, -0.05) is 12.1 Å². The molecule has 0 aliphatic heterocycles. The number of hydrogen-bond donors (Lipinski definition) is 1. The molecule has 0 fully saturated rings. The number of phenols is 1. The Morgan fingerprint density at radius 2 is 1.95 bits per heavy atom. The van der Waals surface area contributed by atoms with E-state index < -0.39 is 4.92 Å². The van der Waals surface area contributed by atoms with E-state index in [0.717, 1.165) is 5.56 Å². The average molecular weight is 270 g/mol. The summed E-state index contributed by atoms with van der Waals surface area (Å²) < 4.78 is 1.40. The lowest BCUT2D eigenvalue weighted by molar-refractivity contribution is -0.385. The summed E-state index contributed by atoms with van der Waals surface area (Å²) in [5.41, 5.74) is 1.48. The first-order chi connectivity index (χ1) is 9.61. The molecule has 0 spiro atoms. The van der Waals surface area contributed by atoms with Gasteiger partial charge in [-0.3, -0.25) is 10.1 Å². The normalized spacial score (nSPS) is 10.8. The predicted molar refractivity (Wildman–Crippen MR) is 70.6 cm³/mol. The van der Waals surface area contributed by atoms with Gasteiger partial charge >= 0.3 is 0 Å². The van der Waals surface area contributed by atoms with E-state index >= 15 is 0 Å². The van der Waals surface area contributed by atoms with Crippen molar-refractivity contribution < 1.29 is 10.0 Å². The van der Waals surface area contributed by atoms with Crippen molar-refractivity contribution in [2.75, 3.05) is 0 Å². The highest BCUT2D eigenvalue weighted by Crippen LogP contribution is 2.15. The molecule has 0 aliphatic rings. The van der Waals surface area contributed by atoms with Gasteiger partial charge in [0.2, 0.25) is 0 Å². The Morgan fingerprint density at radius 1 is 1.20 bits per heavy atom. The second-order valence-corrected chi connectivity index (χ2v) is 4.32. The van der Waals surface area contributed by atoms with Gasteiger partial charge in [-0.25, -0.2) is 9.50 Å². The monoisotopic (exact) mass is 270 g/mol. The number of fused-ring (bicyclic) bond motifs is 1. The van der Waals surface area contributed by atoms with E-state index in [2.05, 4.69) is 10.1 Å². The summed E-state index contributed by atoms with van der Waals surface area (Å²) in [7, 11) is 0. The summed E-state index contributed by atoms with van der Waals surface area (Å²) in [6.45, 7) is 0. The van der Waals surface area contributed by atoms with Gasteiger partial charge in [0, 0.05) is 12.5 Å². The number of nitro groups is 1. The molecule has 0 saturated heterocycles. The summed E-state index contributed by atoms with van der Waals surface area (Å²) in [5.74, 6) is 0.767. The first-order valence-corrected chi connectivity index (χ1v) is 5.89. The van der Waals surface area contributed by atoms with Crippen LogP contribution in [-0.2, 0) is 6.42 Å². The first kappa shape index (κ1) is 12.1. The van der Waals surface area contributed by atoms with Crippen molar-refractivity contribution in [3.63, 3.8) is 0 Å². The SMILES string of the molecule is O=[N+]([O-])c1ccc2nc(Cc3ccc(O)cc3)nn2c1. The maximum absolute atomic E-state index is 10.7. The third-order valence-electron chi connectivity index (χ3n) is 2.87. The second kappa shape index (κ2) is 4.61. The average Bonchev–Trinajstić information content (AvgIpc) is 2.82. The fourth-order valence-corrected chi connectivity index (χ4v) is 1.90. The van der Waals surface area contributed by atoms with E-state index in [4.69, 9.17) is 0 Å². The largest absolute Gasteiger partial charge is 0.508 e. The van der Waals surface area contributed by atoms with E-state index in [1.54, 1.807) is 30.3 Å². The van der Waals surface area contributed by atoms with Crippen molar-refractivity contribution in [1.29, 1.82) is 0 Å². The fourth-order valence-electron chi connectivity index (χ4n) is 1.90. The molecule has 2 aromatic heterocycles. The molecular weight excluding hydrogens is 260 g/mol. The third-order valence-corrected chi connectivity index (χ3v) is 2.87. The summed E-state index contributed by atoms with van der Waals surface area (Å²) in [6.07, 6.45) is 1.83. The van der Waals surface area contributed by atoms with Crippen molar-refractivity contribution >= 4 is 11.3 Å². The zero-order valence-corrected chi connectivity index (χ0v) is 10.3. The van der Waals surface area contributed by atoms with Gasteiger partial charge in [0.05, 0.1) is 4.92 Å². The topological polar surface area (TPSA) is 93.6 Å². The van der Waals surface area contributed by atoms with Gasteiger partial charge < -0.3 is 5.11 Å². The molecule has 0 atom stereocenters. The molecule has 3 aromatic rings. The van der Waals surface area contributed by atoms with Crippen molar-refractivity contribution in [2.24, 2.45) is 0 Å². The second-order valence-electron chi connectivity index (χ2n) is 4.32. The molecule has 0 aliphatic carbocycles. The maximum atomic E-state index is 10.7. The Balaban J connectivity index is 1.92. The van der Waals surface area contributed by atoms with Crippen LogP contribution < -0.4 is 0 Å². The van der Waals surface area contributed by atoms with Crippen LogP contribution in [0.5, 0.6) is 5.75 Å². The molecule has 1 N–H and O–H groups in total. The molecular formula is C13H10N4O3. The Hall–Kier alpha value is -2.96.